The first-order chi connectivity index (χ1) is 29.8. The molecule has 0 aliphatic heterocycles. The van der Waals surface area contributed by atoms with Crippen LogP contribution in [0, 0.1) is 57.2 Å². The van der Waals surface area contributed by atoms with Gasteiger partial charge in [-0.1, -0.05) is 147 Å². The second kappa shape index (κ2) is 16.2. The van der Waals surface area contributed by atoms with Gasteiger partial charge in [0.1, 0.15) is 11.5 Å². The third-order valence-electron chi connectivity index (χ3n) is 21.4. The fourth-order valence-electron chi connectivity index (χ4n) is 17.7. The van der Waals surface area contributed by atoms with Crippen molar-refractivity contribution in [2.75, 3.05) is 0 Å². The van der Waals surface area contributed by atoms with Crippen LogP contribution in [-0.4, -0.2) is 20.7 Å². The summed E-state index contributed by atoms with van der Waals surface area (Å²) in [6, 6.07) is 9.83. The van der Waals surface area contributed by atoms with Crippen LogP contribution in [0.15, 0.2) is 24.3 Å². The molecule has 9 aliphatic carbocycles. The van der Waals surface area contributed by atoms with E-state index < -0.39 is 0 Å². The zero-order valence-electron chi connectivity index (χ0n) is 43.4. The van der Waals surface area contributed by atoms with Crippen molar-refractivity contribution in [1.29, 1.82) is 0 Å². The van der Waals surface area contributed by atoms with Gasteiger partial charge in [0.15, 0.2) is 0 Å². The van der Waals surface area contributed by atoms with Crippen LogP contribution in [-0.2, 0) is 33.2 Å². The van der Waals surface area contributed by atoms with Crippen LogP contribution in [0.2, 0.25) is 0 Å². The molecule has 8 bridgehead atoms. The maximum absolute atomic E-state index is 12.8. The van der Waals surface area contributed by atoms with Crippen molar-refractivity contribution < 1.29 is 10.2 Å². The van der Waals surface area contributed by atoms with Gasteiger partial charge in [-0.2, -0.15) is 23.5 Å². The molecule has 2 nitrogen and oxygen atoms in total. The van der Waals surface area contributed by atoms with Gasteiger partial charge in [0.25, 0.3) is 0 Å². The number of hydrogen-bond donors (Lipinski definition) is 2. The van der Waals surface area contributed by atoms with E-state index >= 15 is 0 Å². The number of rotatable bonds is 12. The van der Waals surface area contributed by atoms with Crippen LogP contribution >= 0.6 is 23.5 Å². The Hall–Kier alpha value is -1.26. The lowest BCUT2D eigenvalue weighted by atomic mass is 9.35. The minimum Gasteiger partial charge on any atom is -0.507 e. The summed E-state index contributed by atoms with van der Waals surface area (Å²) in [5.74, 6) is 7.25. The standard InChI is InChI=1S/C60H92O2S2/c1-37(2)55-25-41-26-56(32-55,38(3)4)34-57(27-41,33-55)47-23-44(53(9,10)11)21-42(51(47)61)30-63-49-19-17-15-16-18-20-50(49)64-31-43-22-45(54(12,13)14)24-48(52(43)62)60-29-46-28-59(60,40(7)8)35-58(46,36-60)39(5)6/h21-24,37-41,46,49-50,61-62H,15-20,25-36H2,1-14H3. The van der Waals surface area contributed by atoms with E-state index in [2.05, 4.69) is 145 Å². The quantitative estimate of drug-likeness (QED) is 0.223. The Labute approximate surface area is 401 Å². The molecule has 4 heteroatoms. The molecule has 8 atom stereocenters. The number of thioether (sulfide) groups is 2. The third-order valence-corrected chi connectivity index (χ3v) is 24.5. The monoisotopic (exact) mass is 909 g/mol. The van der Waals surface area contributed by atoms with E-state index in [1.54, 1.807) is 0 Å². The number of phenols is 2. The lowest BCUT2D eigenvalue weighted by Crippen LogP contribution is -2.61. The van der Waals surface area contributed by atoms with Gasteiger partial charge in [-0.05, 0) is 156 Å². The Morgan fingerprint density at radius 3 is 1.50 bits per heavy atom. The van der Waals surface area contributed by atoms with E-state index in [1.165, 1.54) is 136 Å². The van der Waals surface area contributed by atoms with Crippen molar-refractivity contribution in [3.63, 3.8) is 0 Å². The first-order valence-corrected chi connectivity index (χ1v) is 28.9. The molecule has 11 rings (SSSR count). The predicted molar refractivity (Wildman–Crippen MR) is 277 cm³/mol. The lowest BCUT2D eigenvalue weighted by molar-refractivity contribution is -0.163. The van der Waals surface area contributed by atoms with Crippen LogP contribution in [0.5, 0.6) is 11.5 Å². The van der Waals surface area contributed by atoms with Gasteiger partial charge in [-0.15, -0.1) is 0 Å². The molecule has 9 aliphatic rings. The summed E-state index contributed by atoms with van der Waals surface area (Å²) in [5.41, 5.74) is 9.49. The highest BCUT2D eigenvalue weighted by Crippen LogP contribution is 2.85. The maximum Gasteiger partial charge on any atom is 0.123 e. The average molecular weight is 910 g/mol. The highest BCUT2D eigenvalue weighted by molar-refractivity contribution is 8.03. The van der Waals surface area contributed by atoms with Crippen LogP contribution in [0.3, 0.4) is 0 Å². The van der Waals surface area contributed by atoms with Gasteiger partial charge >= 0.3 is 0 Å². The summed E-state index contributed by atoms with van der Waals surface area (Å²) in [5, 5.41) is 26.6. The Kier molecular flexibility index (Phi) is 12.1. The molecule has 9 fully saturated rings. The molecule has 8 unspecified atom stereocenters. The summed E-state index contributed by atoms with van der Waals surface area (Å²) in [6.45, 7) is 34.3. The zero-order valence-corrected chi connectivity index (χ0v) is 45.0. The van der Waals surface area contributed by atoms with Gasteiger partial charge in [-0.25, -0.2) is 0 Å². The van der Waals surface area contributed by atoms with E-state index in [1.807, 2.05) is 0 Å². The fraction of sp³-hybridized carbons (Fsp3) is 0.800. The molecule has 2 aromatic rings. The number of hydrogen-bond acceptors (Lipinski definition) is 4. The molecule has 2 aromatic carbocycles. The molecule has 0 spiro atoms. The molecule has 356 valence electrons. The second-order valence-corrected chi connectivity index (χ2v) is 30.3. The van der Waals surface area contributed by atoms with E-state index in [-0.39, 0.29) is 21.7 Å². The largest absolute Gasteiger partial charge is 0.507 e. The molecule has 2 N–H and O–H groups in total. The number of benzene rings is 2. The van der Waals surface area contributed by atoms with E-state index in [4.69, 9.17) is 0 Å². The number of phenolic OH excluding ortho intramolecular Hbond substituents is 2. The van der Waals surface area contributed by atoms with Gasteiger partial charge < -0.3 is 10.2 Å². The molecular weight excluding hydrogens is 817 g/mol. The van der Waals surface area contributed by atoms with Crippen molar-refractivity contribution >= 4 is 23.5 Å². The van der Waals surface area contributed by atoms with E-state index in [9.17, 15) is 10.2 Å². The summed E-state index contributed by atoms with van der Waals surface area (Å²) in [6.07, 6.45) is 20.9. The van der Waals surface area contributed by atoms with Crippen LogP contribution in [0.1, 0.15) is 233 Å². The highest BCUT2D eigenvalue weighted by Gasteiger charge is 2.79. The van der Waals surface area contributed by atoms with Crippen LogP contribution < -0.4 is 0 Å². The van der Waals surface area contributed by atoms with Crippen LogP contribution in [0.25, 0.3) is 0 Å². The van der Waals surface area contributed by atoms with Gasteiger partial charge in [0.2, 0.25) is 0 Å². The Morgan fingerprint density at radius 1 is 0.547 bits per heavy atom. The van der Waals surface area contributed by atoms with Crippen molar-refractivity contribution in [1.82, 2.24) is 0 Å². The first-order valence-electron chi connectivity index (χ1n) is 26.8. The molecule has 64 heavy (non-hydrogen) atoms. The SMILES string of the molecule is CC(C)C12CC3CC(c4cc(C(C)(C)C)cc(CSC5CCCCCCC5SCc5cc(C(C)(C)C)cc(C67CC8CC6(C(C)C)CC8(C(C)C)C7)c5O)c4O)(C1)CC(C(C)C)(C3)C2. The highest BCUT2D eigenvalue weighted by atomic mass is 32.2. The third kappa shape index (κ3) is 7.35. The average Bonchev–Trinajstić information content (AvgIpc) is 3.89. The van der Waals surface area contributed by atoms with Gasteiger partial charge in [0.05, 0.1) is 0 Å². The molecule has 9 saturated carbocycles. The molecule has 0 aromatic heterocycles. The summed E-state index contributed by atoms with van der Waals surface area (Å²) in [7, 11) is 0. The van der Waals surface area contributed by atoms with Gasteiger partial charge in [0, 0.05) is 55.1 Å². The van der Waals surface area contributed by atoms with Crippen molar-refractivity contribution in [2.45, 2.75) is 243 Å². The molecule has 0 heterocycles. The van der Waals surface area contributed by atoms with Crippen molar-refractivity contribution in [3.05, 3.63) is 57.6 Å². The maximum atomic E-state index is 12.8. The Balaban J connectivity index is 1.02. The lowest BCUT2D eigenvalue weighted by Gasteiger charge is -2.69. The second-order valence-electron chi connectivity index (χ2n) is 27.8. The normalized spacial score (nSPS) is 38.2. The topological polar surface area (TPSA) is 40.5 Å². The minimum atomic E-state index is 0.0127. The minimum absolute atomic E-state index is 0.0127. The van der Waals surface area contributed by atoms with Crippen molar-refractivity contribution in [2.24, 2.45) is 57.2 Å². The molecule has 0 amide bonds. The van der Waals surface area contributed by atoms with E-state index in [0.29, 0.717) is 67.3 Å². The summed E-state index contributed by atoms with van der Waals surface area (Å²) >= 11 is 4.31. The smallest absolute Gasteiger partial charge is 0.123 e. The van der Waals surface area contributed by atoms with Gasteiger partial charge in [-0.3, -0.25) is 0 Å². The molecule has 0 radical (unpaired) electrons. The summed E-state index contributed by atoms with van der Waals surface area (Å²) < 4.78 is 0. The number of aromatic hydroxyl groups is 2. The first kappa shape index (κ1) is 47.8. The zero-order chi connectivity index (χ0) is 46.2. The fourth-order valence-corrected chi connectivity index (χ4v) is 20.8. The Bertz CT molecular complexity index is 2060. The summed E-state index contributed by atoms with van der Waals surface area (Å²) in [4.78, 5) is 0. The van der Waals surface area contributed by atoms with E-state index in [0.717, 1.165) is 23.3 Å². The Morgan fingerprint density at radius 2 is 1.05 bits per heavy atom. The van der Waals surface area contributed by atoms with Crippen LogP contribution in [0.4, 0.5) is 0 Å². The molecular formula is C60H92O2S2. The van der Waals surface area contributed by atoms with Crippen molar-refractivity contribution in [3.8, 4) is 11.5 Å². The molecule has 0 saturated heterocycles. The predicted octanol–water partition coefficient (Wildman–Crippen LogP) is 17.2.